The highest BCUT2D eigenvalue weighted by molar-refractivity contribution is 5.94. The van der Waals surface area contributed by atoms with Gasteiger partial charge in [0.2, 0.25) is 11.8 Å². The molecule has 0 aromatic heterocycles. The van der Waals surface area contributed by atoms with Gasteiger partial charge in [0.15, 0.2) is 0 Å². The van der Waals surface area contributed by atoms with Crippen molar-refractivity contribution in [1.82, 2.24) is 15.1 Å². The van der Waals surface area contributed by atoms with Crippen LogP contribution in [0.5, 0.6) is 0 Å². The number of amides is 3. The summed E-state index contributed by atoms with van der Waals surface area (Å²) in [5.41, 5.74) is 1.80. The molecule has 2 aliphatic heterocycles. The van der Waals surface area contributed by atoms with Gasteiger partial charge in [-0.2, -0.15) is 0 Å². The third kappa shape index (κ3) is 3.36. The second-order valence-corrected chi connectivity index (χ2v) is 6.19. The number of nitrogens with zero attached hydrogens (tertiary/aromatic N) is 2. The number of hydrogen-bond acceptors (Lipinski definition) is 3. The highest BCUT2D eigenvalue weighted by Crippen LogP contribution is 2.16. The molecule has 6 heteroatoms. The number of hydrogen-bond donors (Lipinski definition) is 1. The van der Waals surface area contributed by atoms with Crippen molar-refractivity contribution in [2.45, 2.75) is 13.3 Å². The quantitative estimate of drug-likeness (QED) is 0.860. The number of carbonyl (C=O) groups excluding carboxylic acids is 3. The minimum Gasteiger partial charge on any atom is -0.355 e. The number of rotatable bonds is 2. The third-order valence-electron chi connectivity index (χ3n) is 4.50. The smallest absolute Gasteiger partial charge is 0.253 e. The van der Waals surface area contributed by atoms with Crippen molar-refractivity contribution in [2.24, 2.45) is 5.92 Å². The molecule has 23 heavy (non-hydrogen) atoms. The molecule has 122 valence electrons. The molecule has 1 atom stereocenters. The Morgan fingerprint density at radius 3 is 2.22 bits per heavy atom. The summed E-state index contributed by atoms with van der Waals surface area (Å²) < 4.78 is 0. The maximum atomic E-state index is 12.5. The minimum atomic E-state index is -0.248. The van der Waals surface area contributed by atoms with Crippen LogP contribution in [0.4, 0.5) is 0 Å². The van der Waals surface area contributed by atoms with Crippen molar-refractivity contribution in [1.29, 1.82) is 0 Å². The van der Waals surface area contributed by atoms with Crippen molar-refractivity contribution in [2.75, 3.05) is 32.7 Å². The van der Waals surface area contributed by atoms with Crippen LogP contribution >= 0.6 is 0 Å². The molecule has 2 heterocycles. The molecular formula is C17H21N3O3. The number of aryl methyl sites for hydroxylation is 1. The summed E-state index contributed by atoms with van der Waals surface area (Å²) in [6, 6.07) is 7.53. The van der Waals surface area contributed by atoms with Crippen LogP contribution < -0.4 is 5.32 Å². The van der Waals surface area contributed by atoms with E-state index >= 15 is 0 Å². The fourth-order valence-corrected chi connectivity index (χ4v) is 3.05. The Morgan fingerprint density at radius 2 is 1.65 bits per heavy atom. The van der Waals surface area contributed by atoms with E-state index in [9.17, 15) is 14.4 Å². The highest BCUT2D eigenvalue weighted by atomic mass is 16.2. The van der Waals surface area contributed by atoms with Crippen molar-refractivity contribution >= 4 is 17.7 Å². The topological polar surface area (TPSA) is 69.7 Å². The molecule has 1 aromatic carbocycles. The molecule has 1 aromatic rings. The van der Waals surface area contributed by atoms with E-state index in [1.165, 1.54) is 0 Å². The molecule has 6 nitrogen and oxygen atoms in total. The lowest BCUT2D eigenvalue weighted by Crippen LogP contribution is -2.52. The van der Waals surface area contributed by atoms with Crippen LogP contribution in [0.1, 0.15) is 22.3 Å². The Balaban J connectivity index is 1.55. The summed E-state index contributed by atoms with van der Waals surface area (Å²) in [4.78, 5) is 39.6. The minimum absolute atomic E-state index is 0.00908. The van der Waals surface area contributed by atoms with E-state index in [2.05, 4.69) is 5.32 Å². The van der Waals surface area contributed by atoms with E-state index in [0.717, 1.165) is 5.56 Å². The second kappa shape index (κ2) is 6.40. The molecule has 1 N–H and O–H groups in total. The molecule has 0 aliphatic carbocycles. The van der Waals surface area contributed by atoms with Gasteiger partial charge in [-0.25, -0.2) is 0 Å². The summed E-state index contributed by atoms with van der Waals surface area (Å²) in [7, 11) is 0. The molecular weight excluding hydrogens is 294 g/mol. The van der Waals surface area contributed by atoms with Crippen LogP contribution in [0.2, 0.25) is 0 Å². The predicted molar refractivity (Wildman–Crippen MR) is 84.8 cm³/mol. The molecule has 0 radical (unpaired) electrons. The molecule has 2 fully saturated rings. The van der Waals surface area contributed by atoms with Crippen molar-refractivity contribution in [3.63, 3.8) is 0 Å². The molecule has 1 unspecified atom stereocenters. The molecule has 3 rings (SSSR count). The Morgan fingerprint density at radius 1 is 1.04 bits per heavy atom. The van der Waals surface area contributed by atoms with Gasteiger partial charge in [-0.3, -0.25) is 14.4 Å². The Kier molecular flexibility index (Phi) is 4.32. The van der Waals surface area contributed by atoms with Crippen molar-refractivity contribution < 1.29 is 14.4 Å². The summed E-state index contributed by atoms with van der Waals surface area (Å²) >= 11 is 0. The Hall–Kier alpha value is -2.37. The Labute approximate surface area is 135 Å². The molecule has 2 saturated heterocycles. The zero-order valence-corrected chi connectivity index (χ0v) is 13.2. The van der Waals surface area contributed by atoms with E-state index in [1.54, 1.807) is 9.80 Å². The van der Waals surface area contributed by atoms with E-state index < -0.39 is 0 Å². The van der Waals surface area contributed by atoms with Gasteiger partial charge >= 0.3 is 0 Å². The van der Waals surface area contributed by atoms with Crippen LogP contribution in [-0.4, -0.2) is 60.2 Å². The largest absolute Gasteiger partial charge is 0.355 e. The standard InChI is InChI=1S/C17H21N3O3/c1-12-2-4-13(5-3-12)16(22)19-6-8-20(9-7-19)17(23)14-10-15(21)18-11-14/h2-5,14H,6-11H2,1H3,(H,18,21). The van der Waals surface area contributed by atoms with Gasteiger partial charge in [0, 0.05) is 44.7 Å². The molecule has 0 bridgehead atoms. The van der Waals surface area contributed by atoms with Gasteiger partial charge in [0.1, 0.15) is 0 Å². The number of nitrogens with one attached hydrogen (secondary N) is 1. The lowest BCUT2D eigenvalue weighted by atomic mass is 10.1. The molecule has 0 spiro atoms. The SMILES string of the molecule is Cc1ccc(C(=O)N2CCN(C(=O)C3CNC(=O)C3)CC2)cc1. The predicted octanol–water partition coefficient (Wildman–Crippen LogP) is 0.416. The number of benzene rings is 1. The van der Waals surface area contributed by atoms with Crippen LogP contribution in [0.25, 0.3) is 0 Å². The van der Waals surface area contributed by atoms with Gasteiger partial charge < -0.3 is 15.1 Å². The monoisotopic (exact) mass is 315 g/mol. The zero-order chi connectivity index (χ0) is 16.4. The van der Waals surface area contributed by atoms with E-state index in [4.69, 9.17) is 0 Å². The summed E-state index contributed by atoms with van der Waals surface area (Å²) in [5.74, 6) is -0.279. The first-order valence-electron chi connectivity index (χ1n) is 7.96. The van der Waals surface area contributed by atoms with Crippen LogP contribution in [-0.2, 0) is 9.59 Å². The fourth-order valence-electron chi connectivity index (χ4n) is 3.05. The van der Waals surface area contributed by atoms with Crippen LogP contribution in [0.3, 0.4) is 0 Å². The van der Waals surface area contributed by atoms with E-state index in [0.29, 0.717) is 38.3 Å². The van der Waals surface area contributed by atoms with Gasteiger partial charge in [-0.1, -0.05) is 17.7 Å². The second-order valence-electron chi connectivity index (χ2n) is 6.19. The van der Waals surface area contributed by atoms with Gasteiger partial charge in [0.25, 0.3) is 5.91 Å². The number of piperazine rings is 1. The first-order chi connectivity index (χ1) is 11.0. The number of carbonyl (C=O) groups is 3. The average Bonchev–Trinajstić information content (AvgIpc) is 3.01. The zero-order valence-electron chi connectivity index (χ0n) is 13.2. The lowest BCUT2D eigenvalue weighted by Gasteiger charge is -2.35. The lowest BCUT2D eigenvalue weighted by molar-refractivity contribution is -0.137. The van der Waals surface area contributed by atoms with E-state index in [1.807, 2.05) is 31.2 Å². The summed E-state index contributed by atoms with van der Waals surface area (Å²) in [5, 5.41) is 2.69. The van der Waals surface area contributed by atoms with E-state index in [-0.39, 0.29) is 30.1 Å². The first-order valence-corrected chi connectivity index (χ1v) is 7.96. The van der Waals surface area contributed by atoms with Gasteiger partial charge in [-0.05, 0) is 19.1 Å². The van der Waals surface area contributed by atoms with Crippen molar-refractivity contribution in [3.8, 4) is 0 Å². The van der Waals surface area contributed by atoms with Gasteiger partial charge in [-0.15, -0.1) is 0 Å². The molecule has 2 aliphatic rings. The normalized spacial score (nSPS) is 21.3. The van der Waals surface area contributed by atoms with Crippen LogP contribution in [0, 0.1) is 12.8 Å². The van der Waals surface area contributed by atoms with Crippen molar-refractivity contribution in [3.05, 3.63) is 35.4 Å². The average molecular weight is 315 g/mol. The summed E-state index contributed by atoms with van der Waals surface area (Å²) in [6.07, 6.45) is 0.279. The van der Waals surface area contributed by atoms with Gasteiger partial charge in [0.05, 0.1) is 5.92 Å². The maximum absolute atomic E-state index is 12.5. The maximum Gasteiger partial charge on any atom is 0.253 e. The third-order valence-corrected chi connectivity index (χ3v) is 4.50. The molecule has 0 saturated carbocycles. The fraction of sp³-hybridized carbons (Fsp3) is 0.471. The first kappa shape index (κ1) is 15.5. The molecule has 3 amide bonds. The summed E-state index contributed by atoms with van der Waals surface area (Å²) in [6.45, 7) is 4.54. The van der Waals surface area contributed by atoms with Crippen LogP contribution in [0.15, 0.2) is 24.3 Å². The highest BCUT2D eigenvalue weighted by Gasteiger charge is 2.33. The Bertz CT molecular complexity index is 618.